The Bertz CT molecular complexity index is 1110. The van der Waals surface area contributed by atoms with Crippen LogP contribution >= 0.6 is 0 Å². The van der Waals surface area contributed by atoms with Gasteiger partial charge in [-0.15, -0.1) is 0 Å². The van der Waals surface area contributed by atoms with E-state index in [9.17, 15) is 4.39 Å². The van der Waals surface area contributed by atoms with Crippen molar-refractivity contribution in [2.45, 2.75) is 20.4 Å². The first-order valence-electron chi connectivity index (χ1n) is 8.13. The third-order valence-electron chi connectivity index (χ3n) is 3.95. The fraction of sp³-hybridized carbons (Fsp3) is 0.167. The molecule has 7 nitrogen and oxygen atoms in total. The van der Waals surface area contributed by atoms with E-state index >= 15 is 0 Å². The molecule has 0 spiro atoms. The van der Waals surface area contributed by atoms with Gasteiger partial charge in [0.25, 0.3) is 0 Å². The van der Waals surface area contributed by atoms with Gasteiger partial charge in [-0.2, -0.15) is 5.10 Å². The van der Waals surface area contributed by atoms with E-state index in [0.29, 0.717) is 18.2 Å². The van der Waals surface area contributed by atoms with E-state index in [0.717, 1.165) is 16.9 Å². The highest BCUT2D eigenvalue weighted by Gasteiger charge is 2.16. The van der Waals surface area contributed by atoms with Crippen LogP contribution in [0.4, 0.5) is 4.39 Å². The third kappa shape index (κ3) is 2.75. The van der Waals surface area contributed by atoms with Crippen molar-refractivity contribution in [1.29, 1.82) is 0 Å². The molecular weight excluding hydrogens is 333 g/mol. The maximum atomic E-state index is 14.1. The molecule has 4 heterocycles. The van der Waals surface area contributed by atoms with E-state index in [1.807, 2.05) is 30.6 Å². The summed E-state index contributed by atoms with van der Waals surface area (Å²) in [5, 5.41) is 4.30. The molecule has 4 aromatic heterocycles. The van der Waals surface area contributed by atoms with Crippen molar-refractivity contribution >= 4 is 11.7 Å². The molecule has 0 aliphatic rings. The van der Waals surface area contributed by atoms with Crippen molar-refractivity contribution in [2.75, 3.05) is 0 Å². The second-order valence-electron chi connectivity index (χ2n) is 5.74. The maximum absolute atomic E-state index is 14.1. The molecular formula is C18H16FN7. The molecule has 0 aromatic carbocycles. The summed E-state index contributed by atoms with van der Waals surface area (Å²) in [5.74, 6) is 0.715. The monoisotopic (exact) mass is 349 g/mol. The van der Waals surface area contributed by atoms with Crippen LogP contribution in [0.15, 0.2) is 43.1 Å². The van der Waals surface area contributed by atoms with Gasteiger partial charge in [0, 0.05) is 24.2 Å². The van der Waals surface area contributed by atoms with Crippen LogP contribution in [0.3, 0.4) is 0 Å². The topological polar surface area (TPSA) is 73.8 Å². The van der Waals surface area contributed by atoms with Crippen LogP contribution in [0.1, 0.15) is 24.0 Å². The summed E-state index contributed by atoms with van der Waals surface area (Å²) in [6.45, 7) is 4.18. The molecule has 4 rings (SSSR count). The minimum atomic E-state index is -0.412. The Balaban J connectivity index is 1.81. The molecule has 0 bridgehead atoms. The normalized spacial score (nSPS) is 11.7. The fourth-order valence-electron chi connectivity index (χ4n) is 2.85. The van der Waals surface area contributed by atoms with Crippen molar-refractivity contribution in [2.24, 2.45) is 0 Å². The lowest BCUT2D eigenvalue weighted by Crippen LogP contribution is -2.08. The summed E-state index contributed by atoms with van der Waals surface area (Å²) in [6, 6.07) is 2.93. The molecule has 8 heteroatoms. The highest BCUT2D eigenvalue weighted by molar-refractivity contribution is 5.67. The number of fused-ring (bicyclic) bond motifs is 1. The van der Waals surface area contributed by atoms with Gasteiger partial charge in [0.2, 0.25) is 0 Å². The second kappa shape index (κ2) is 6.47. The Labute approximate surface area is 148 Å². The molecule has 0 aliphatic carbocycles. The number of hydrogen-bond acceptors (Lipinski definition) is 5. The summed E-state index contributed by atoms with van der Waals surface area (Å²) < 4.78 is 17.6. The first-order valence-corrected chi connectivity index (χ1v) is 8.13. The Morgan fingerprint density at radius 1 is 1.19 bits per heavy atom. The molecule has 0 radical (unpaired) electrons. The Morgan fingerprint density at radius 2 is 2.08 bits per heavy atom. The zero-order chi connectivity index (χ0) is 18.1. The number of pyridine rings is 1. The van der Waals surface area contributed by atoms with Gasteiger partial charge >= 0.3 is 0 Å². The molecule has 0 saturated heterocycles. The quantitative estimate of drug-likeness (QED) is 0.566. The van der Waals surface area contributed by atoms with Gasteiger partial charge in [-0.1, -0.05) is 12.2 Å². The van der Waals surface area contributed by atoms with Crippen molar-refractivity contribution < 1.29 is 4.39 Å². The number of allylic oxidation sites excluding steroid dienone is 1. The van der Waals surface area contributed by atoms with Crippen molar-refractivity contribution in [3.63, 3.8) is 0 Å². The number of nitrogens with zero attached hydrogens (tertiary/aromatic N) is 7. The van der Waals surface area contributed by atoms with Crippen LogP contribution < -0.4 is 0 Å². The first-order chi connectivity index (χ1) is 12.7. The van der Waals surface area contributed by atoms with Crippen LogP contribution in [0.2, 0.25) is 0 Å². The van der Waals surface area contributed by atoms with Crippen LogP contribution in [-0.2, 0) is 6.54 Å². The fourth-order valence-corrected chi connectivity index (χ4v) is 2.85. The zero-order valence-corrected chi connectivity index (χ0v) is 14.3. The van der Waals surface area contributed by atoms with Crippen molar-refractivity contribution in [3.8, 4) is 11.5 Å². The molecule has 0 fully saturated rings. The summed E-state index contributed by atoms with van der Waals surface area (Å²) in [4.78, 5) is 17.4. The number of rotatable bonds is 4. The average molecular weight is 349 g/mol. The smallest absolute Gasteiger partial charge is 0.166 e. The Morgan fingerprint density at radius 3 is 2.88 bits per heavy atom. The maximum Gasteiger partial charge on any atom is 0.166 e. The Kier molecular flexibility index (Phi) is 4.00. The number of aromatic nitrogens is 7. The Hall–Kier alpha value is -3.42. The minimum absolute atomic E-state index is 0.212. The molecule has 0 unspecified atom stereocenters. The molecule has 130 valence electrons. The minimum Gasteiger partial charge on any atom is -0.324 e. The highest BCUT2D eigenvalue weighted by Crippen LogP contribution is 2.21. The molecule has 0 atom stereocenters. The van der Waals surface area contributed by atoms with Gasteiger partial charge in [-0.25, -0.2) is 28.8 Å². The van der Waals surface area contributed by atoms with Gasteiger partial charge < -0.3 is 4.57 Å². The predicted molar refractivity (Wildman–Crippen MR) is 94.7 cm³/mol. The predicted octanol–water partition coefficient (Wildman–Crippen LogP) is 2.91. The summed E-state index contributed by atoms with van der Waals surface area (Å²) >= 11 is 0. The van der Waals surface area contributed by atoms with Crippen LogP contribution in [0.5, 0.6) is 0 Å². The average Bonchev–Trinajstić information content (AvgIpc) is 3.23. The van der Waals surface area contributed by atoms with Crippen molar-refractivity contribution in [1.82, 2.24) is 34.1 Å². The second-order valence-corrected chi connectivity index (χ2v) is 5.74. The molecule has 0 aliphatic heterocycles. The van der Waals surface area contributed by atoms with Crippen LogP contribution in [-0.4, -0.2) is 34.1 Å². The number of halogens is 1. The molecule has 0 amide bonds. The molecule has 0 N–H and O–H groups in total. The van der Waals surface area contributed by atoms with E-state index in [1.165, 1.54) is 6.07 Å². The summed E-state index contributed by atoms with van der Waals surface area (Å²) in [5.41, 5.74) is 2.61. The van der Waals surface area contributed by atoms with Crippen molar-refractivity contribution in [3.05, 3.63) is 66.0 Å². The van der Waals surface area contributed by atoms with E-state index in [1.54, 1.807) is 35.5 Å². The van der Waals surface area contributed by atoms with E-state index in [-0.39, 0.29) is 5.69 Å². The van der Waals surface area contributed by atoms with Gasteiger partial charge in [0.15, 0.2) is 17.3 Å². The number of hydrogen-bond donors (Lipinski definition) is 0. The molecule has 0 saturated carbocycles. The van der Waals surface area contributed by atoms with Gasteiger partial charge in [0.05, 0.1) is 12.2 Å². The SMILES string of the molecule is CC=Cc1c(Cn2ccnc2-c2ncccc2F)ncn2nc(C)nc12. The molecule has 26 heavy (non-hydrogen) atoms. The lowest BCUT2D eigenvalue weighted by atomic mass is 10.2. The first kappa shape index (κ1) is 16.1. The van der Waals surface area contributed by atoms with E-state index in [2.05, 4.69) is 25.0 Å². The lowest BCUT2D eigenvalue weighted by Gasteiger charge is -2.10. The van der Waals surface area contributed by atoms with Gasteiger partial charge in [-0.05, 0) is 26.0 Å². The van der Waals surface area contributed by atoms with Gasteiger partial charge in [0.1, 0.15) is 17.8 Å². The lowest BCUT2D eigenvalue weighted by molar-refractivity contribution is 0.621. The zero-order valence-electron chi connectivity index (χ0n) is 14.3. The summed E-state index contributed by atoms with van der Waals surface area (Å²) in [6.07, 6.45) is 10.5. The van der Waals surface area contributed by atoms with E-state index < -0.39 is 5.82 Å². The van der Waals surface area contributed by atoms with E-state index in [4.69, 9.17) is 0 Å². The third-order valence-corrected chi connectivity index (χ3v) is 3.95. The number of imidazole rings is 1. The highest BCUT2D eigenvalue weighted by atomic mass is 19.1. The summed E-state index contributed by atoms with van der Waals surface area (Å²) in [7, 11) is 0. The largest absolute Gasteiger partial charge is 0.324 e. The van der Waals surface area contributed by atoms with Crippen LogP contribution in [0, 0.1) is 12.7 Å². The molecule has 4 aromatic rings. The van der Waals surface area contributed by atoms with Gasteiger partial charge in [-0.3, -0.25) is 0 Å². The number of aryl methyl sites for hydroxylation is 1. The van der Waals surface area contributed by atoms with Crippen LogP contribution in [0.25, 0.3) is 23.2 Å². The standard InChI is InChI=1S/C18H16FN7/c1-3-5-13-15(22-11-26-17(13)23-12(2)24-26)10-25-9-8-21-18(25)16-14(19)6-4-7-20-16/h3-9,11H,10H2,1-2H3.